The molecular formula is C46H41N3O5S. The van der Waals surface area contributed by atoms with Crippen molar-refractivity contribution in [1.82, 2.24) is 10.2 Å². The Morgan fingerprint density at radius 2 is 1.56 bits per heavy atom. The second-order valence-corrected chi connectivity index (χ2v) is 13.3. The molecule has 6 rings (SSSR count). The molecule has 5 aromatic rings. The summed E-state index contributed by atoms with van der Waals surface area (Å²) in [5.41, 5.74) is 3.76. The van der Waals surface area contributed by atoms with Crippen molar-refractivity contribution in [2.24, 2.45) is 4.99 Å². The van der Waals surface area contributed by atoms with E-state index in [1.165, 1.54) is 11.0 Å². The predicted molar refractivity (Wildman–Crippen MR) is 222 cm³/mol. The van der Waals surface area contributed by atoms with Crippen LogP contribution in [0.1, 0.15) is 42.1 Å². The van der Waals surface area contributed by atoms with Gasteiger partial charge in [-0.25, -0.2) is 0 Å². The van der Waals surface area contributed by atoms with Gasteiger partial charge >= 0.3 is 0 Å². The lowest BCUT2D eigenvalue weighted by Crippen LogP contribution is -2.42. The molecule has 276 valence electrons. The van der Waals surface area contributed by atoms with Gasteiger partial charge in [-0.1, -0.05) is 146 Å². The zero-order valence-corrected chi connectivity index (χ0v) is 31.5. The van der Waals surface area contributed by atoms with Gasteiger partial charge in [-0.2, -0.15) is 4.99 Å². The fraction of sp³-hybridized carbons (Fsp3) is 0.130. The molecule has 0 saturated heterocycles. The van der Waals surface area contributed by atoms with E-state index in [9.17, 15) is 14.4 Å². The number of benzene rings is 5. The molecule has 0 fully saturated rings. The second kappa shape index (κ2) is 18.5. The van der Waals surface area contributed by atoms with Gasteiger partial charge in [0.25, 0.3) is 11.8 Å². The number of fused-ring (bicyclic) bond motifs is 1. The number of ether oxygens (including phenoxy) is 2. The lowest BCUT2D eigenvalue weighted by molar-refractivity contribution is -0.126. The molecule has 1 N–H and O–H groups in total. The summed E-state index contributed by atoms with van der Waals surface area (Å²) in [5, 5.41) is 5.43. The maximum Gasteiger partial charge on any atom is 0.285 e. The first-order valence-electron chi connectivity index (χ1n) is 17.9. The number of carbonyl (C=O) groups is 3. The number of hydrogen-bond donors (Lipinski definition) is 1. The third-order valence-corrected chi connectivity index (χ3v) is 9.69. The summed E-state index contributed by atoms with van der Waals surface area (Å²) in [7, 11) is 0. The van der Waals surface area contributed by atoms with Gasteiger partial charge in [-0.05, 0) is 71.2 Å². The van der Waals surface area contributed by atoms with Gasteiger partial charge in [0.2, 0.25) is 5.91 Å². The van der Waals surface area contributed by atoms with E-state index in [-0.39, 0.29) is 22.4 Å². The molecule has 0 aliphatic carbocycles. The Bertz CT molecular complexity index is 2270. The van der Waals surface area contributed by atoms with Gasteiger partial charge in [-0.3, -0.25) is 19.3 Å². The fourth-order valence-electron chi connectivity index (χ4n) is 6.14. The van der Waals surface area contributed by atoms with E-state index >= 15 is 0 Å². The largest absolute Gasteiger partial charge is 0.490 e. The van der Waals surface area contributed by atoms with Gasteiger partial charge in [0.1, 0.15) is 12.2 Å². The number of amides is 3. The van der Waals surface area contributed by atoms with Crippen LogP contribution in [-0.2, 0) is 21.0 Å². The normalized spacial score (nSPS) is 14.1. The molecule has 0 atom stereocenters. The predicted octanol–water partition coefficient (Wildman–Crippen LogP) is 9.21. The zero-order chi connectivity index (χ0) is 38.6. The number of rotatable bonds is 14. The lowest BCUT2D eigenvalue weighted by atomic mass is 9.99. The highest BCUT2D eigenvalue weighted by molar-refractivity contribution is 8.14. The molecule has 8 nitrogen and oxygen atoms in total. The van der Waals surface area contributed by atoms with Crippen molar-refractivity contribution < 1.29 is 23.9 Å². The molecular weight excluding hydrogens is 707 g/mol. The average Bonchev–Trinajstić information content (AvgIpc) is 3.22. The Kier molecular flexibility index (Phi) is 12.9. The Balaban J connectivity index is 1.24. The van der Waals surface area contributed by atoms with Gasteiger partial charge < -0.3 is 14.8 Å². The van der Waals surface area contributed by atoms with E-state index in [1.807, 2.05) is 91.9 Å². The summed E-state index contributed by atoms with van der Waals surface area (Å²) in [4.78, 5) is 47.0. The molecule has 0 saturated carbocycles. The topological polar surface area (TPSA) is 97.3 Å². The van der Waals surface area contributed by atoms with Gasteiger partial charge in [0.15, 0.2) is 16.7 Å². The molecule has 5 aromatic carbocycles. The summed E-state index contributed by atoms with van der Waals surface area (Å²) in [6.07, 6.45) is 8.21. The number of nitrogens with one attached hydrogen (secondary N) is 1. The average molecular weight is 748 g/mol. The van der Waals surface area contributed by atoms with E-state index in [0.717, 1.165) is 39.2 Å². The molecule has 1 heterocycles. The molecule has 0 unspecified atom stereocenters. The van der Waals surface area contributed by atoms with Gasteiger partial charge in [0.05, 0.1) is 18.4 Å². The number of amidine groups is 1. The van der Waals surface area contributed by atoms with Crippen LogP contribution in [-0.4, -0.2) is 40.1 Å². The van der Waals surface area contributed by atoms with Crippen LogP contribution in [0.3, 0.4) is 0 Å². The summed E-state index contributed by atoms with van der Waals surface area (Å²) in [5.74, 6) is -0.671. The van der Waals surface area contributed by atoms with Gasteiger partial charge in [-0.15, -0.1) is 0 Å². The summed E-state index contributed by atoms with van der Waals surface area (Å²) < 4.78 is 12.2. The van der Waals surface area contributed by atoms with Crippen LogP contribution in [0.4, 0.5) is 0 Å². The SMILES string of the molecule is C=C/C=C\C(=C/C)N1C(=O)/C(=C/c2ccc(OCc3cccc4ccccc34)c(OCC)c2)C(=O)N=C1SCC(=O)NC(c1ccccc1)c1ccccc1. The highest BCUT2D eigenvalue weighted by Gasteiger charge is 2.35. The molecule has 1 aliphatic heterocycles. The molecule has 55 heavy (non-hydrogen) atoms. The zero-order valence-electron chi connectivity index (χ0n) is 30.7. The van der Waals surface area contributed by atoms with E-state index < -0.39 is 17.9 Å². The third kappa shape index (κ3) is 9.38. The van der Waals surface area contributed by atoms with Crippen LogP contribution in [0.5, 0.6) is 11.5 Å². The van der Waals surface area contributed by atoms with E-state index in [4.69, 9.17) is 9.47 Å². The molecule has 0 aromatic heterocycles. The third-order valence-electron chi connectivity index (χ3n) is 8.75. The van der Waals surface area contributed by atoms with Crippen molar-refractivity contribution in [2.75, 3.05) is 12.4 Å². The Morgan fingerprint density at radius 3 is 2.25 bits per heavy atom. The minimum Gasteiger partial charge on any atom is -0.490 e. The van der Waals surface area contributed by atoms with Crippen molar-refractivity contribution in [3.8, 4) is 11.5 Å². The van der Waals surface area contributed by atoms with Crippen molar-refractivity contribution in [2.45, 2.75) is 26.5 Å². The van der Waals surface area contributed by atoms with Crippen LogP contribution >= 0.6 is 11.8 Å². The number of thioether (sulfide) groups is 1. The first-order chi connectivity index (χ1) is 26.9. The summed E-state index contributed by atoms with van der Waals surface area (Å²) >= 11 is 1.01. The van der Waals surface area contributed by atoms with Crippen LogP contribution in [0, 0.1) is 0 Å². The molecule has 0 radical (unpaired) electrons. The monoisotopic (exact) mass is 747 g/mol. The molecule has 3 amide bonds. The van der Waals surface area contributed by atoms with Crippen LogP contribution < -0.4 is 14.8 Å². The maximum absolute atomic E-state index is 14.2. The molecule has 9 heteroatoms. The first-order valence-corrected chi connectivity index (χ1v) is 18.9. The summed E-state index contributed by atoms with van der Waals surface area (Å²) in [6.45, 7) is 8.11. The van der Waals surface area contributed by atoms with Crippen molar-refractivity contribution in [1.29, 1.82) is 0 Å². The standard InChI is InChI=1S/C46H41N3O5S/c1-4-7-24-37(5-2)49-45(52)39(28-32-26-27-40(41(29-32)53-6-3)54-30-36-23-16-22-33-17-14-15-25-38(33)36)44(51)48-46(49)55-31-42(50)47-43(34-18-10-8-11-19-34)35-20-12-9-13-21-35/h4-5,7-29,43H,1,6,30-31H2,2-3H3,(H,47,50)/b24-7-,37-5+,39-28+. The van der Waals surface area contributed by atoms with Crippen molar-refractivity contribution >= 4 is 51.5 Å². The fourth-order valence-corrected chi connectivity index (χ4v) is 6.94. The number of allylic oxidation sites excluding steroid dienone is 4. The van der Waals surface area contributed by atoms with Crippen LogP contribution in [0.25, 0.3) is 16.8 Å². The second-order valence-electron chi connectivity index (χ2n) is 12.4. The molecule has 1 aliphatic rings. The van der Waals surface area contributed by atoms with E-state index in [0.29, 0.717) is 36.0 Å². The number of hydrogen-bond acceptors (Lipinski definition) is 6. The quantitative estimate of drug-likeness (QED) is 0.0692. The Hall–Kier alpha value is -6.45. The van der Waals surface area contributed by atoms with Crippen molar-refractivity contribution in [3.63, 3.8) is 0 Å². The van der Waals surface area contributed by atoms with E-state index in [1.54, 1.807) is 49.4 Å². The number of aliphatic imine (C=N–C) groups is 1. The molecule has 0 spiro atoms. The minimum atomic E-state index is -0.715. The van der Waals surface area contributed by atoms with Crippen LogP contribution in [0.15, 0.2) is 168 Å². The highest BCUT2D eigenvalue weighted by atomic mass is 32.2. The van der Waals surface area contributed by atoms with Gasteiger partial charge in [0, 0.05) is 5.70 Å². The highest BCUT2D eigenvalue weighted by Crippen LogP contribution is 2.33. The van der Waals surface area contributed by atoms with Crippen molar-refractivity contribution in [3.05, 3.63) is 186 Å². The Labute approximate surface area is 325 Å². The number of carbonyl (C=O) groups excluding carboxylic acids is 3. The van der Waals surface area contributed by atoms with Crippen LogP contribution in [0.2, 0.25) is 0 Å². The minimum absolute atomic E-state index is 0.0901. The lowest BCUT2D eigenvalue weighted by Gasteiger charge is -2.28. The smallest absolute Gasteiger partial charge is 0.285 e. The first kappa shape index (κ1) is 38.3. The Morgan fingerprint density at radius 1 is 0.873 bits per heavy atom. The molecule has 0 bridgehead atoms. The summed E-state index contributed by atoms with van der Waals surface area (Å²) in [6, 6.07) is 38.5. The number of nitrogens with zero attached hydrogens (tertiary/aromatic N) is 2. The maximum atomic E-state index is 14.2. The van der Waals surface area contributed by atoms with E-state index in [2.05, 4.69) is 35.1 Å².